The standard InChI is InChI=1S/C15H26O.C2H6/c1-4-6-11(2)12-8-9-13-14(16)7-5-10-15(12,13)3;1-2/h11-13H,4-10H2,1-3H3;1-2H3/t11-,12?,13?,15+;/m0./s1. The molecule has 106 valence electrons. The Balaban J connectivity index is 0.000000771. The van der Waals surface area contributed by atoms with Gasteiger partial charge >= 0.3 is 0 Å². The predicted octanol–water partition coefficient (Wildman–Crippen LogP) is 5.23. The number of ketones is 1. The van der Waals surface area contributed by atoms with Crippen LogP contribution in [0.4, 0.5) is 0 Å². The molecule has 0 saturated heterocycles. The van der Waals surface area contributed by atoms with Crippen molar-refractivity contribution >= 4 is 5.78 Å². The van der Waals surface area contributed by atoms with Gasteiger partial charge in [-0.05, 0) is 42.9 Å². The van der Waals surface area contributed by atoms with E-state index >= 15 is 0 Å². The first-order chi connectivity index (χ1) is 8.59. The lowest BCUT2D eigenvalue weighted by atomic mass is 9.62. The Kier molecular flexibility index (Phi) is 5.88. The van der Waals surface area contributed by atoms with Gasteiger partial charge < -0.3 is 0 Å². The first-order valence-electron chi connectivity index (χ1n) is 8.12. The molecule has 1 nitrogen and oxygen atoms in total. The summed E-state index contributed by atoms with van der Waals surface area (Å²) in [5, 5.41) is 0. The number of rotatable bonds is 3. The summed E-state index contributed by atoms with van der Waals surface area (Å²) in [6.45, 7) is 11.1. The third-order valence-corrected chi connectivity index (χ3v) is 5.37. The summed E-state index contributed by atoms with van der Waals surface area (Å²) in [5.41, 5.74) is 0.351. The highest BCUT2D eigenvalue weighted by molar-refractivity contribution is 5.83. The molecule has 2 rings (SSSR count). The molecule has 0 amide bonds. The van der Waals surface area contributed by atoms with Crippen molar-refractivity contribution in [3.8, 4) is 0 Å². The van der Waals surface area contributed by atoms with Crippen LogP contribution in [0.1, 0.15) is 79.6 Å². The van der Waals surface area contributed by atoms with Crippen LogP contribution < -0.4 is 0 Å². The molecule has 4 atom stereocenters. The highest BCUT2D eigenvalue weighted by Gasteiger charge is 2.51. The molecule has 18 heavy (non-hydrogen) atoms. The molecule has 0 spiro atoms. The van der Waals surface area contributed by atoms with Gasteiger partial charge in [0.2, 0.25) is 0 Å². The molecule has 0 heterocycles. The quantitative estimate of drug-likeness (QED) is 0.672. The molecular weight excluding hydrogens is 220 g/mol. The van der Waals surface area contributed by atoms with Crippen molar-refractivity contribution in [2.24, 2.45) is 23.2 Å². The summed E-state index contributed by atoms with van der Waals surface area (Å²) in [4.78, 5) is 12.0. The Morgan fingerprint density at radius 2 is 2.00 bits per heavy atom. The fraction of sp³-hybridized carbons (Fsp3) is 0.941. The molecule has 0 N–H and O–H groups in total. The fourth-order valence-electron chi connectivity index (χ4n) is 4.56. The van der Waals surface area contributed by atoms with Gasteiger partial charge in [-0.15, -0.1) is 0 Å². The van der Waals surface area contributed by atoms with Gasteiger partial charge in [0.05, 0.1) is 0 Å². The van der Waals surface area contributed by atoms with Crippen LogP contribution in [0, 0.1) is 23.2 Å². The van der Waals surface area contributed by atoms with E-state index in [0.717, 1.165) is 24.7 Å². The van der Waals surface area contributed by atoms with Gasteiger partial charge in [0, 0.05) is 12.3 Å². The fourth-order valence-corrected chi connectivity index (χ4v) is 4.56. The van der Waals surface area contributed by atoms with Crippen LogP contribution in [0.15, 0.2) is 0 Å². The van der Waals surface area contributed by atoms with Crippen molar-refractivity contribution in [1.29, 1.82) is 0 Å². The molecule has 0 bridgehead atoms. The molecule has 0 radical (unpaired) electrons. The number of Topliss-reactive ketones (excluding diaryl/α,β-unsaturated/α-hetero) is 1. The van der Waals surface area contributed by atoms with Crippen molar-refractivity contribution in [2.75, 3.05) is 0 Å². The van der Waals surface area contributed by atoms with Gasteiger partial charge in [0.1, 0.15) is 5.78 Å². The highest BCUT2D eigenvalue weighted by atomic mass is 16.1. The second-order valence-electron chi connectivity index (χ2n) is 6.33. The molecule has 0 aromatic heterocycles. The maximum absolute atomic E-state index is 12.0. The van der Waals surface area contributed by atoms with E-state index in [1.54, 1.807) is 0 Å². The lowest BCUT2D eigenvalue weighted by molar-refractivity contribution is -0.130. The third-order valence-electron chi connectivity index (χ3n) is 5.37. The van der Waals surface area contributed by atoms with Crippen LogP contribution in [0.25, 0.3) is 0 Å². The minimum atomic E-state index is 0.351. The van der Waals surface area contributed by atoms with Crippen molar-refractivity contribution in [3.63, 3.8) is 0 Å². The Bertz CT molecular complexity index is 271. The van der Waals surface area contributed by atoms with Crippen LogP contribution >= 0.6 is 0 Å². The van der Waals surface area contributed by atoms with Crippen LogP contribution in [0.5, 0.6) is 0 Å². The molecule has 0 aromatic rings. The van der Waals surface area contributed by atoms with Crippen LogP contribution in [-0.2, 0) is 4.79 Å². The maximum atomic E-state index is 12.0. The van der Waals surface area contributed by atoms with Crippen LogP contribution in [-0.4, -0.2) is 5.78 Å². The molecule has 0 aromatic carbocycles. The Morgan fingerprint density at radius 1 is 1.33 bits per heavy atom. The lowest BCUT2D eigenvalue weighted by Crippen LogP contribution is -2.39. The molecule has 2 fully saturated rings. The molecule has 2 aliphatic rings. The van der Waals surface area contributed by atoms with Crippen LogP contribution in [0.2, 0.25) is 0 Å². The average Bonchev–Trinajstić information content (AvgIpc) is 2.71. The Hall–Kier alpha value is -0.330. The second kappa shape index (κ2) is 6.73. The Morgan fingerprint density at radius 3 is 2.61 bits per heavy atom. The largest absolute Gasteiger partial charge is 0.299 e. The predicted molar refractivity (Wildman–Crippen MR) is 78.6 cm³/mol. The molecule has 0 aliphatic heterocycles. The minimum Gasteiger partial charge on any atom is -0.299 e. The van der Waals surface area contributed by atoms with Gasteiger partial charge in [-0.2, -0.15) is 0 Å². The number of carbonyl (C=O) groups excluding carboxylic acids is 1. The molecule has 2 saturated carbocycles. The van der Waals surface area contributed by atoms with Crippen LogP contribution in [0.3, 0.4) is 0 Å². The zero-order valence-corrected chi connectivity index (χ0v) is 13.1. The summed E-state index contributed by atoms with van der Waals surface area (Å²) >= 11 is 0. The van der Waals surface area contributed by atoms with Crippen molar-refractivity contribution in [1.82, 2.24) is 0 Å². The van der Waals surface area contributed by atoms with Crippen molar-refractivity contribution < 1.29 is 4.79 Å². The van der Waals surface area contributed by atoms with E-state index in [-0.39, 0.29) is 0 Å². The normalized spacial score (nSPS) is 36.6. The van der Waals surface area contributed by atoms with E-state index in [4.69, 9.17) is 0 Å². The highest BCUT2D eigenvalue weighted by Crippen LogP contribution is 2.56. The smallest absolute Gasteiger partial charge is 0.136 e. The second-order valence-corrected chi connectivity index (χ2v) is 6.33. The maximum Gasteiger partial charge on any atom is 0.136 e. The molecular formula is C17H32O. The van der Waals surface area contributed by atoms with Gasteiger partial charge in [-0.1, -0.05) is 47.5 Å². The number of carbonyl (C=O) groups is 1. The van der Waals surface area contributed by atoms with Gasteiger partial charge in [0.25, 0.3) is 0 Å². The molecule has 2 unspecified atom stereocenters. The van der Waals surface area contributed by atoms with E-state index in [9.17, 15) is 4.79 Å². The van der Waals surface area contributed by atoms with Gasteiger partial charge in [-0.3, -0.25) is 4.79 Å². The zero-order valence-electron chi connectivity index (χ0n) is 13.1. The molecule has 2 aliphatic carbocycles. The zero-order chi connectivity index (χ0) is 13.8. The topological polar surface area (TPSA) is 17.1 Å². The summed E-state index contributed by atoms with van der Waals surface area (Å²) in [5.74, 6) is 2.60. The van der Waals surface area contributed by atoms with E-state index in [0.29, 0.717) is 17.1 Å². The first kappa shape index (κ1) is 15.7. The van der Waals surface area contributed by atoms with Crippen molar-refractivity contribution in [3.05, 3.63) is 0 Å². The lowest BCUT2D eigenvalue weighted by Gasteiger charge is -2.42. The Labute approximate surface area is 114 Å². The minimum absolute atomic E-state index is 0.351. The molecule has 1 heteroatoms. The number of fused-ring (bicyclic) bond motifs is 1. The summed E-state index contributed by atoms with van der Waals surface area (Å²) < 4.78 is 0. The third kappa shape index (κ3) is 2.81. The van der Waals surface area contributed by atoms with E-state index < -0.39 is 0 Å². The van der Waals surface area contributed by atoms with E-state index in [1.807, 2.05) is 13.8 Å². The number of hydrogen-bond donors (Lipinski definition) is 0. The number of hydrogen-bond acceptors (Lipinski definition) is 1. The van der Waals surface area contributed by atoms with Gasteiger partial charge in [0.15, 0.2) is 0 Å². The summed E-state index contributed by atoms with van der Waals surface area (Å²) in [7, 11) is 0. The summed E-state index contributed by atoms with van der Waals surface area (Å²) in [6, 6.07) is 0. The monoisotopic (exact) mass is 252 g/mol. The van der Waals surface area contributed by atoms with Crippen molar-refractivity contribution in [2.45, 2.75) is 79.6 Å². The van der Waals surface area contributed by atoms with Gasteiger partial charge in [-0.25, -0.2) is 0 Å². The average molecular weight is 252 g/mol. The van der Waals surface area contributed by atoms with E-state index in [1.165, 1.54) is 32.1 Å². The first-order valence-corrected chi connectivity index (χ1v) is 8.12. The van der Waals surface area contributed by atoms with E-state index in [2.05, 4.69) is 20.8 Å². The summed E-state index contributed by atoms with van der Waals surface area (Å²) in [6.07, 6.45) is 8.38. The SMILES string of the molecule is CC.CCC[C@H](C)C1CCC2C(=O)CCC[C@@]21C.